The van der Waals surface area contributed by atoms with Gasteiger partial charge in [0.25, 0.3) is 34.4 Å². The van der Waals surface area contributed by atoms with Crippen LogP contribution in [-0.4, -0.2) is 169 Å². The van der Waals surface area contributed by atoms with Crippen LogP contribution in [0.4, 0.5) is 68.5 Å². The van der Waals surface area contributed by atoms with Gasteiger partial charge in [-0.15, -0.1) is 0 Å². The minimum Gasteiger partial charge on any atom is -0.383 e. The SMILES string of the molecule is Cc1c(N)ncnc1NC(=O)C1CC1.Cc1cc(Br)c(=O)[nH]c1C(N)=O.Cc1cc(Br)c(=O)n2c1C(=O)NC21CCN(CC(F)(F)F)CC1.Cc1cc(Nc2ncnc(N)c2C)c(=O)n2c1C(=O)NC21CCN(CC(F)(F)F)CC1.FC(F)(F)CN1CCC2(CC1)OCCO2. The molecule has 12 rings (SSSR count). The second kappa shape index (κ2) is 29.0. The molecule has 4 saturated heterocycles. The standard InChI is InChI=1S/C19H22F3N7O2.C14H15BrF3N3O2.C9H14F3NO2.C9H12N4O.C7H7BrN2O2/c1-10-7-12(26-15-11(2)14(23)24-9-25-15)17(31)29-13(10)16(30)27-18(29)3-5-28(6-4-18)8-19(20,21)22;1-8-6-9(15)12(23)21-10(8)11(22)19-13(21)2-4-20(5-3-13)7-14(16,17)18;10-9(11,12)7-13-3-1-8(2-4-13)14-5-6-15-8;1-5-7(10)11-4-12-8(5)13-9(14)6-2-3-6;1-3-2-4(8)7(12)10-5(3)6(9)11/h7,9H,3-6,8H2,1-2H3,(H,27,30)(H3,23,24,25,26);6H,2-5,7H2,1H3,(H,19,22);1-7H2;4,6H,2-3H2,1H3,(H3,10,11,12,13,14);2H,1H3,(H2,9,11)(H,10,12). The number of primary amides is 1. The van der Waals surface area contributed by atoms with Crippen LogP contribution in [0, 0.1) is 40.5 Å². The van der Waals surface area contributed by atoms with Crippen LogP contribution in [0.1, 0.15) is 111 Å². The van der Waals surface area contributed by atoms with E-state index in [1.54, 1.807) is 52.8 Å². The van der Waals surface area contributed by atoms with E-state index in [2.05, 4.69) is 78.0 Å². The second-order valence-electron chi connectivity index (χ2n) is 23.9. The summed E-state index contributed by atoms with van der Waals surface area (Å²) in [4.78, 5) is 106. The van der Waals surface area contributed by atoms with Crippen molar-refractivity contribution in [3.8, 4) is 0 Å². The maximum absolute atomic E-state index is 13.4. The van der Waals surface area contributed by atoms with Gasteiger partial charge in [-0.25, -0.2) is 19.9 Å². The topological polar surface area (TPSA) is 351 Å². The molecule has 26 nitrogen and oxygen atoms in total. The Labute approximate surface area is 552 Å². The molecule has 1 saturated carbocycles. The number of carbonyl (C=O) groups is 4. The summed E-state index contributed by atoms with van der Waals surface area (Å²) < 4.78 is 126. The van der Waals surface area contributed by atoms with Crippen LogP contribution in [0.5, 0.6) is 0 Å². The maximum Gasteiger partial charge on any atom is 0.401 e. The summed E-state index contributed by atoms with van der Waals surface area (Å²) in [5.74, 6) is -0.211. The van der Waals surface area contributed by atoms with E-state index >= 15 is 0 Å². The first-order valence-electron chi connectivity index (χ1n) is 29.7. The number of anilines is 5. The number of nitrogens with zero attached hydrogens (tertiary/aromatic N) is 9. The summed E-state index contributed by atoms with van der Waals surface area (Å²) in [6.45, 7) is 8.21. The summed E-state index contributed by atoms with van der Waals surface area (Å²) in [5.41, 5.74) is 17.3. The van der Waals surface area contributed by atoms with Crippen LogP contribution in [0.2, 0.25) is 0 Å². The number of piperidine rings is 3. The summed E-state index contributed by atoms with van der Waals surface area (Å²) in [7, 11) is 0. The molecule has 0 radical (unpaired) electrons. The molecule has 37 heteroatoms. The molecule has 7 aliphatic rings. The van der Waals surface area contributed by atoms with Gasteiger partial charge >= 0.3 is 18.5 Å². The third-order valence-corrected chi connectivity index (χ3v) is 18.0. The molecule has 0 atom stereocenters. The summed E-state index contributed by atoms with van der Waals surface area (Å²) in [6, 6.07) is 4.70. The quantitative estimate of drug-likeness (QED) is 0.0795. The van der Waals surface area contributed by atoms with Crippen molar-refractivity contribution in [3.63, 3.8) is 0 Å². The third-order valence-electron chi connectivity index (χ3n) is 16.9. The number of amides is 4. The number of alkyl halides is 9. The number of aromatic nitrogens is 7. The number of hydrogen-bond acceptors (Lipinski definition) is 19. The molecule has 3 spiro atoms. The van der Waals surface area contributed by atoms with E-state index in [0.29, 0.717) is 93.5 Å². The number of nitrogen functional groups attached to an aromatic ring is 2. The molecule has 11 N–H and O–H groups in total. The van der Waals surface area contributed by atoms with E-state index in [9.17, 15) is 73.1 Å². The lowest BCUT2D eigenvalue weighted by atomic mass is 9.96. The molecular weight excluding hydrogens is 1410 g/mol. The molecule has 1 aliphatic carbocycles. The molecule has 0 unspecified atom stereocenters. The third kappa shape index (κ3) is 17.9. The van der Waals surface area contributed by atoms with Crippen molar-refractivity contribution in [1.82, 2.24) is 59.4 Å². The maximum atomic E-state index is 13.4. The Morgan fingerprint density at radius 3 is 1.45 bits per heavy atom. The zero-order chi connectivity index (χ0) is 69.9. The number of fused-ring (bicyclic) bond motifs is 4. The minimum atomic E-state index is -4.30. The fraction of sp³-hybridized carbons (Fsp3) is 0.534. The van der Waals surface area contributed by atoms with Crippen LogP contribution in [0.25, 0.3) is 0 Å². The number of rotatable bonds is 8. The number of likely N-dealkylation sites (tertiary alicyclic amines) is 3. The Morgan fingerprint density at radius 1 is 0.600 bits per heavy atom. The molecule has 5 fully saturated rings. The van der Waals surface area contributed by atoms with Crippen molar-refractivity contribution in [3.05, 3.63) is 116 Å². The fourth-order valence-electron chi connectivity index (χ4n) is 11.8. The highest BCUT2D eigenvalue weighted by Gasteiger charge is 2.50. The molecule has 4 amide bonds. The summed E-state index contributed by atoms with van der Waals surface area (Å²) in [6.07, 6.45) is -6.13. The molecule has 0 bridgehead atoms. The molecule has 5 aromatic heterocycles. The van der Waals surface area contributed by atoms with E-state index in [-0.39, 0.29) is 104 Å². The number of pyridine rings is 3. The monoisotopic (exact) mass is 1480 g/mol. The van der Waals surface area contributed by atoms with Crippen molar-refractivity contribution >= 4 is 84.4 Å². The molecular formula is C58H70Br2F9N17O9. The Kier molecular flexibility index (Phi) is 22.4. The van der Waals surface area contributed by atoms with Crippen molar-refractivity contribution in [2.24, 2.45) is 11.7 Å². The number of H-pyrrole nitrogens is 1. The predicted octanol–water partition coefficient (Wildman–Crippen LogP) is 6.26. The van der Waals surface area contributed by atoms with Gasteiger partial charge in [0.2, 0.25) is 5.91 Å². The van der Waals surface area contributed by atoms with Gasteiger partial charge < -0.3 is 52.9 Å². The van der Waals surface area contributed by atoms with E-state index in [1.807, 2.05) is 0 Å². The van der Waals surface area contributed by atoms with Crippen molar-refractivity contribution in [2.75, 3.05) is 94.2 Å². The fourth-order valence-corrected chi connectivity index (χ4v) is 12.7. The zero-order valence-electron chi connectivity index (χ0n) is 52.0. The summed E-state index contributed by atoms with van der Waals surface area (Å²) >= 11 is 6.22. The van der Waals surface area contributed by atoms with Gasteiger partial charge in [-0.1, -0.05) is 0 Å². The van der Waals surface area contributed by atoms with Gasteiger partial charge in [0, 0.05) is 94.8 Å². The zero-order valence-corrected chi connectivity index (χ0v) is 55.2. The van der Waals surface area contributed by atoms with E-state index < -0.39 is 72.6 Å². The Bertz CT molecular complexity index is 3890. The molecule has 6 aliphatic heterocycles. The van der Waals surface area contributed by atoms with Gasteiger partial charge in [0.05, 0.1) is 41.8 Å². The predicted molar refractivity (Wildman–Crippen MR) is 334 cm³/mol. The number of nitrogens with two attached hydrogens (primary N) is 3. The van der Waals surface area contributed by atoms with Crippen LogP contribution < -0.4 is 55.1 Å². The number of carbonyl (C=O) groups excluding carboxylic acids is 4. The number of halogens is 11. The molecule has 518 valence electrons. The second-order valence-corrected chi connectivity index (χ2v) is 25.6. The lowest BCUT2D eigenvalue weighted by molar-refractivity contribution is -0.200. The van der Waals surface area contributed by atoms with Gasteiger partial charge in [0.15, 0.2) is 5.79 Å². The largest absolute Gasteiger partial charge is 0.401 e. The van der Waals surface area contributed by atoms with E-state index in [4.69, 9.17) is 26.7 Å². The van der Waals surface area contributed by atoms with Gasteiger partial charge in [-0.2, -0.15) is 39.5 Å². The van der Waals surface area contributed by atoms with Crippen LogP contribution in [0.3, 0.4) is 0 Å². The molecule has 95 heavy (non-hydrogen) atoms. The highest BCUT2D eigenvalue weighted by molar-refractivity contribution is 9.10. The lowest BCUT2D eigenvalue weighted by Gasteiger charge is -2.40. The number of hydrogen-bond donors (Lipinski definition) is 8. The van der Waals surface area contributed by atoms with Crippen LogP contribution in [-0.2, 0) is 25.6 Å². The number of nitrogens with one attached hydrogen (secondary N) is 5. The first-order chi connectivity index (χ1) is 44.3. The molecule has 0 aromatic carbocycles. The van der Waals surface area contributed by atoms with E-state index in [0.717, 1.165) is 18.4 Å². The van der Waals surface area contributed by atoms with Crippen molar-refractivity contribution < 1.29 is 68.2 Å². The van der Waals surface area contributed by atoms with Gasteiger partial charge in [-0.3, -0.25) is 57.4 Å². The first-order valence-corrected chi connectivity index (χ1v) is 31.3. The van der Waals surface area contributed by atoms with E-state index in [1.165, 1.54) is 36.5 Å². The van der Waals surface area contributed by atoms with Crippen LogP contribution >= 0.6 is 31.9 Å². The van der Waals surface area contributed by atoms with Gasteiger partial charge in [-0.05, 0) is 114 Å². The molecule has 5 aromatic rings. The highest BCUT2D eigenvalue weighted by atomic mass is 79.9. The average molecular weight is 1480 g/mol. The number of aromatic amines is 1. The number of ether oxygens (including phenoxy) is 2. The number of aryl methyl sites for hydroxylation is 3. The average Bonchev–Trinajstić information content (AvgIpc) is 1.59. The van der Waals surface area contributed by atoms with Crippen LogP contribution in [0.15, 0.2) is 54.2 Å². The Morgan fingerprint density at radius 2 is 1.01 bits per heavy atom. The summed E-state index contributed by atoms with van der Waals surface area (Å²) in [5, 5.41) is 11.4. The Hall–Kier alpha value is -7.58. The normalized spacial score (nSPS) is 18.7. The first kappa shape index (κ1) is 73.2. The molecule has 11 heterocycles. The Balaban J connectivity index is 0.000000160. The minimum absolute atomic E-state index is 0.0335. The van der Waals surface area contributed by atoms with Crippen molar-refractivity contribution in [1.29, 1.82) is 0 Å². The lowest BCUT2D eigenvalue weighted by Crippen LogP contribution is -2.55. The smallest absolute Gasteiger partial charge is 0.383 e. The highest BCUT2D eigenvalue weighted by Crippen LogP contribution is 2.38. The van der Waals surface area contributed by atoms with Crippen molar-refractivity contribution in [2.45, 2.75) is 122 Å². The van der Waals surface area contributed by atoms with Gasteiger partial charge in [0.1, 0.15) is 70.0 Å².